The highest BCUT2D eigenvalue weighted by Crippen LogP contribution is 2.25. The Hall–Kier alpha value is -2.76. The van der Waals surface area contributed by atoms with Gasteiger partial charge >= 0.3 is 12.1 Å². The van der Waals surface area contributed by atoms with Crippen LogP contribution in [0.4, 0.5) is 4.79 Å². The molecule has 0 saturated carbocycles. The number of aromatic nitrogens is 1. The van der Waals surface area contributed by atoms with E-state index in [4.69, 9.17) is 19.9 Å². The Labute approximate surface area is 173 Å². The van der Waals surface area contributed by atoms with Gasteiger partial charge in [0.2, 0.25) is 0 Å². The lowest BCUT2D eigenvalue weighted by Gasteiger charge is -2.21. The second kappa shape index (κ2) is 9.37. The zero-order valence-electron chi connectivity index (χ0n) is 17.3. The summed E-state index contributed by atoms with van der Waals surface area (Å²) >= 11 is 0. The van der Waals surface area contributed by atoms with E-state index in [1.54, 1.807) is 26.8 Å². The number of aliphatic hydroxyl groups is 2. The maximum absolute atomic E-state index is 12.1. The van der Waals surface area contributed by atoms with Crippen molar-refractivity contribution in [3.05, 3.63) is 30.1 Å². The quantitative estimate of drug-likeness (QED) is 0.338. The predicted octanol–water partition coefficient (Wildman–Crippen LogP) is -0.851. The molecule has 0 spiro atoms. The summed E-state index contributed by atoms with van der Waals surface area (Å²) in [5.41, 5.74) is 4.72. The molecule has 0 bridgehead atoms. The SMILES string of the molecule is C[C@H](NC(=O)OC(C)(C)C)C(=O)OCC1O[C@@H]([n+]2cccc(C(N)=O)c2)[C@H](O)[C@@H]1O. The van der Waals surface area contributed by atoms with Gasteiger partial charge in [0.15, 0.2) is 18.5 Å². The topological polar surface area (TPSA) is 161 Å². The molecular formula is C19H28N3O8+. The minimum absolute atomic E-state index is 0.194. The van der Waals surface area contributed by atoms with Crippen LogP contribution in [0.1, 0.15) is 44.3 Å². The summed E-state index contributed by atoms with van der Waals surface area (Å²) in [4.78, 5) is 35.2. The summed E-state index contributed by atoms with van der Waals surface area (Å²) in [7, 11) is 0. The van der Waals surface area contributed by atoms with E-state index in [9.17, 15) is 24.6 Å². The first-order valence-electron chi connectivity index (χ1n) is 9.37. The van der Waals surface area contributed by atoms with E-state index in [-0.39, 0.29) is 12.2 Å². The van der Waals surface area contributed by atoms with E-state index in [0.717, 1.165) is 0 Å². The molecule has 2 heterocycles. The van der Waals surface area contributed by atoms with Crippen LogP contribution in [0.25, 0.3) is 0 Å². The number of aliphatic hydroxyl groups excluding tert-OH is 2. The first kappa shape index (κ1) is 23.5. The van der Waals surface area contributed by atoms with E-state index in [2.05, 4.69) is 5.32 Å². The number of rotatable bonds is 6. The largest absolute Gasteiger partial charge is 0.461 e. The normalized spacial score (nSPS) is 24.7. The average Bonchev–Trinajstić information content (AvgIpc) is 2.92. The summed E-state index contributed by atoms with van der Waals surface area (Å²) in [5.74, 6) is -1.42. The molecule has 0 aromatic carbocycles. The lowest BCUT2D eigenvalue weighted by Crippen LogP contribution is -2.46. The second-order valence-electron chi connectivity index (χ2n) is 7.95. The highest BCUT2D eigenvalue weighted by Gasteiger charge is 2.48. The average molecular weight is 426 g/mol. The fourth-order valence-electron chi connectivity index (χ4n) is 2.74. The Balaban J connectivity index is 1.93. The van der Waals surface area contributed by atoms with Crippen molar-refractivity contribution in [1.82, 2.24) is 5.32 Å². The molecule has 1 saturated heterocycles. The third kappa shape index (κ3) is 6.12. The molecule has 11 nitrogen and oxygen atoms in total. The Morgan fingerprint density at radius 3 is 2.57 bits per heavy atom. The molecule has 2 rings (SSSR count). The molecule has 5 N–H and O–H groups in total. The predicted molar refractivity (Wildman–Crippen MR) is 101 cm³/mol. The summed E-state index contributed by atoms with van der Waals surface area (Å²) in [6, 6.07) is 2.04. The molecule has 1 fully saturated rings. The molecule has 1 aliphatic rings. The zero-order valence-corrected chi connectivity index (χ0v) is 17.3. The number of hydrogen-bond donors (Lipinski definition) is 4. The number of alkyl carbamates (subject to hydrolysis) is 1. The fraction of sp³-hybridized carbons (Fsp3) is 0.579. The monoisotopic (exact) mass is 426 g/mol. The Morgan fingerprint density at radius 1 is 1.30 bits per heavy atom. The van der Waals surface area contributed by atoms with Crippen molar-refractivity contribution in [2.75, 3.05) is 6.61 Å². The van der Waals surface area contributed by atoms with E-state index >= 15 is 0 Å². The minimum atomic E-state index is -1.35. The van der Waals surface area contributed by atoms with Crippen molar-refractivity contribution >= 4 is 18.0 Å². The van der Waals surface area contributed by atoms with Crippen LogP contribution < -0.4 is 15.6 Å². The Morgan fingerprint density at radius 2 is 1.97 bits per heavy atom. The van der Waals surface area contributed by atoms with Gasteiger partial charge in [-0.3, -0.25) is 4.79 Å². The van der Waals surface area contributed by atoms with Crippen LogP contribution >= 0.6 is 0 Å². The van der Waals surface area contributed by atoms with Crippen LogP contribution in [0.3, 0.4) is 0 Å². The molecular weight excluding hydrogens is 398 g/mol. The first-order chi connectivity index (χ1) is 13.9. The molecule has 0 aliphatic carbocycles. The molecule has 30 heavy (non-hydrogen) atoms. The third-order valence-corrected chi connectivity index (χ3v) is 4.21. The molecule has 1 aliphatic heterocycles. The van der Waals surface area contributed by atoms with Gasteiger partial charge in [-0.15, -0.1) is 0 Å². The van der Waals surface area contributed by atoms with Gasteiger partial charge in [0.1, 0.15) is 36.0 Å². The van der Waals surface area contributed by atoms with Crippen molar-refractivity contribution in [3.63, 3.8) is 0 Å². The number of esters is 1. The van der Waals surface area contributed by atoms with Gasteiger partial charge < -0.3 is 35.5 Å². The van der Waals surface area contributed by atoms with Gasteiger partial charge in [-0.2, -0.15) is 4.57 Å². The number of nitrogens with two attached hydrogens (primary N) is 1. The summed E-state index contributed by atoms with van der Waals surface area (Å²) < 4.78 is 17.2. The summed E-state index contributed by atoms with van der Waals surface area (Å²) in [5, 5.41) is 22.9. The summed E-state index contributed by atoms with van der Waals surface area (Å²) in [6.07, 6.45) is -2.57. The van der Waals surface area contributed by atoms with E-state index < -0.39 is 54.2 Å². The number of ether oxygens (including phenoxy) is 3. The lowest BCUT2D eigenvalue weighted by atomic mass is 10.1. The van der Waals surface area contributed by atoms with Crippen molar-refractivity contribution < 1.29 is 43.4 Å². The number of nitrogens with zero attached hydrogens (tertiary/aromatic N) is 1. The van der Waals surface area contributed by atoms with E-state index in [1.165, 1.54) is 30.0 Å². The number of amides is 2. The number of hydrogen-bond acceptors (Lipinski definition) is 8. The molecule has 1 unspecified atom stereocenters. The van der Waals surface area contributed by atoms with Crippen LogP contribution in [0.2, 0.25) is 0 Å². The molecule has 1 aromatic rings. The highest BCUT2D eigenvalue weighted by molar-refractivity contribution is 5.92. The number of primary amides is 1. The maximum Gasteiger partial charge on any atom is 0.408 e. The first-order valence-corrected chi connectivity index (χ1v) is 9.37. The Bertz CT molecular complexity index is 794. The lowest BCUT2D eigenvalue weighted by molar-refractivity contribution is -0.765. The van der Waals surface area contributed by atoms with Crippen LogP contribution in [0.5, 0.6) is 0 Å². The molecule has 166 valence electrons. The maximum atomic E-state index is 12.1. The van der Waals surface area contributed by atoms with Gasteiger partial charge in [-0.25, -0.2) is 9.59 Å². The molecule has 2 amide bonds. The third-order valence-electron chi connectivity index (χ3n) is 4.21. The van der Waals surface area contributed by atoms with E-state index in [0.29, 0.717) is 0 Å². The summed E-state index contributed by atoms with van der Waals surface area (Å²) in [6.45, 7) is 6.12. The highest BCUT2D eigenvalue weighted by atomic mass is 16.6. The number of nitrogens with one attached hydrogen (secondary N) is 1. The van der Waals surface area contributed by atoms with Crippen molar-refractivity contribution in [1.29, 1.82) is 0 Å². The number of pyridine rings is 1. The molecule has 0 radical (unpaired) electrons. The van der Waals surface area contributed by atoms with E-state index in [1.807, 2.05) is 0 Å². The molecule has 5 atom stereocenters. The second-order valence-corrected chi connectivity index (χ2v) is 7.95. The minimum Gasteiger partial charge on any atom is -0.461 e. The van der Waals surface area contributed by atoms with Crippen LogP contribution in [-0.2, 0) is 19.0 Å². The number of carbonyl (C=O) groups is 3. The van der Waals surface area contributed by atoms with Crippen LogP contribution in [0, 0.1) is 0 Å². The van der Waals surface area contributed by atoms with Gasteiger partial charge in [0.05, 0.1) is 0 Å². The van der Waals surface area contributed by atoms with Crippen LogP contribution in [0.15, 0.2) is 24.5 Å². The molecule has 11 heteroatoms. The van der Waals surface area contributed by atoms with Gasteiger partial charge in [0.25, 0.3) is 12.1 Å². The van der Waals surface area contributed by atoms with Gasteiger partial charge in [-0.1, -0.05) is 0 Å². The smallest absolute Gasteiger partial charge is 0.408 e. The van der Waals surface area contributed by atoms with Crippen molar-refractivity contribution in [2.45, 2.75) is 63.9 Å². The van der Waals surface area contributed by atoms with Gasteiger partial charge in [0, 0.05) is 6.07 Å². The van der Waals surface area contributed by atoms with Crippen LogP contribution in [-0.4, -0.2) is 64.7 Å². The Kier molecular flexibility index (Phi) is 7.34. The molecule has 1 aromatic heterocycles. The van der Waals surface area contributed by atoms with Crippen molar-refractivity contribution in [2.24, 2.45) is 5.73 Å². The van der Waals surface area contributed by atoms with Gasteiger partial charge in [-0.05, 0) is 33.8 Å². The standard InChI is InChI=1S/C19H27N3O8/c1-10(21-18(27)30-19(2,3)4)17(26)28-9-12-13(23)14(24)16(29-12)22-7-5-6-11(8-22)15(20)25/h5-8,10,12-14,16,23-24H,9H2,1-4H3,(H2-,20,21,25,27)/p+1/t10-,12?,13+,14+,16+/m0/s1. The zero-order chi connectivity index (χ0) is 22.6. The van der Waals surface area contributed by atoms with Crippen molar-refractivity contribution in [3.8, 4) is 0 Å². The fourth-order valence-corrected chi connectivity index (χ4v) is 2.74. The number of carbonyl (C=O) groups excluding carboxylic acids is 3.